The van der Waals surface area contributed by atoms with Gasteiger partial charge in [-0.25, -0.2) is 6.54 Å². The molecule has 0 spiro atoms. The molecule has 1 radical (unpaired) electrons. The van der Waals surface area contributed by atoms with E-state index in [4.69, 9.17) is 5.73 Å². The minimum atomic E-state index is -0.529. The summed E-state index contributed by atoms with van der Waals surface area (Å²) in [6.45, 7) is 8.82. The first-order valence-electron chi connectivity index (χ1n) is 6.95. The number of hydrogen-bond acceptors (Lipinski definition) is 3. The zero-order valence-electron chi connectivity index (χ0n) is 13.5. The Kier molecular flexibility index (Phi) is 25.1. The van der Waals surface area contributed by atoms with Gasteiger partial charge in [-0.2, -0.15) is 0 Å². The van der Waals surface area contributed by atoms with E-state index in [9.17, 15) is 9.59 Å². The van der Waals surface area contributed by atoms with E-state index < -0.39 is 6.03 Å². The molecule has 5 nitrogen and oxygen atoms in total. The number of unbranched alkanes of at least 4 members (excludes halogenated alkanes) is 1. The second-order valence-electron chi connectivity index (χ2n) is 4.72. The van der Waals surface area contributed by atoms with Crippen molar-refractivity contribution in [1.82, 2.24) is 10.6 Å². The predicted molar refractivity (Wildman–Crippen MR) is 86.8 cm³/mol. The van der Waals surface area contributed by atoms with Gasteiger partial charge in [0.05, 0.1) is 0 Å². The summed E-state index contributed by atoms with van der Waals surface area (Å²) in [6, 6.07) is -0.529. The number of primary amides is 1. The summed E-state index contributed by atoms with van der Waals surface area (Å²) in [5.74, 6) is 1.57. The largest absolute Gasteiger partial charge is 0.487 e. The summed E-state index contributed by atoms with van der Waals surface area (Å²) >= 11 is 1.37. The number of urea groups is 1. The van der Waals surface area contributed by atoms with Crippen molar-refractivity contribution in [3.8, 4) is 0 Å². The Hall–Kier alpha value is 0.194. The van der Waals surface area contributed by atoms with Crippen molar-refractivity contribution >= 4 is 23.7 Å². The van der Waals surface area contributed by atoms with E-state index in [0.29, 0.717) is 18.1 Å². The van der Waals surface area contributed by atoms with Crippen LogP contribution < -0.4 is 16.4 Å². The van der Waals surface area contributed by atoms with Gasteiger partial charge in [-0.1, -0.05) is 27.2 Å². The number of rotatable bonds is 9. The number of nitrogens with two attached hydrogens (primary N) is 1. The summed E-state index contributed by atoms with van der Waals surface area (Å²) < 4.78 is 0. The summed E-state index contributed by atoms with van der Waals surface area (Å²) in [5, 5.41) is 5.21. The number of carbonyl (C=O) groups is 2. The third kappa shape index (κ3) is 29.0. The fraction of sp³-hybridized carbons (Fsp3) is 0.714. The molecule has 0 saturated heterocycles. The molecule has 0 unspecified atom stereocenters. The normalized spacial score (nSPS) is 9.19. The third-order valence-corrected chi connectivity index (χ3v) is 2.65. The summed E-state index contributed by atoms with van der Waals surface area (Å²) in [6.07, 6.45) is 7.35. The van der Waals surface area contributed by atoms with E-state index in [-0.39, 0.29) is 38.6 Å². The van der Waals surface area contributed by atoms with E-state index in [0.717, 1.165) is 25.8 Å². The van der Waals surface area contributed by atoms with Crippen LogP contribution in [0.25, 0.3) is 0 Å². The van der Waals surface area contributed by atoms with Crippen molar-refractivity contribution in [2.75, 3.05) is 12.3 Å². The van der Waals surface area contributed by atoms with Crippen LogP contribution in [-0.2, 0) is 37.5 Å². The molecule has 3 amide bonds. The van der Waals surface area contributed by atoms with Crippen LogP contribution >= 0.6 is 11.8 Å². The first kappa shape index (κ1) is 26.1. The molecule has 123 valence electrons. The van der Waals surface area contributed by atoms with Crippen LogP contribution in [0, 0.1) is 18.7 Å². The molecule has 0 bridgehead atoms. The third-order valence-electron chi connectivity index (χ3n) is 2.25. The predicted octanol–water partition coefficient (Wildman–Crippen LogP) is 2.68. The maximum Gasteiger partial charge on any atom is 0.282 e. The molecule has 0 aliphatic rings. The fourth-order valence-electron chi connectivity index (χ4n) is 1.13. The Bertz CT molecular complexity index is 254. The molecular formula is C14H29N3O2SY-2. The topological polar surface area (TPSA) is 84.2 Å². The van der Waals surface area contributed by atoms with Crippen molar-refractivity contribution in [1.29, 1.82) is 0 Å². The molecular weight excluding hydrogens is 363 g/mol. The minimum Gasteiger partial charge on any atom is -0.487 e. The fourth-order valence-corrected chi connectivity index (χ4v) is 1.33. The van der Waals surface area contributed by atoms with E-state index in [2.05, 4.69) is 37.7 Å². The molecule has 0 fully saturated rings. The molecule has 0 aromatic carbocycles. The average molecular weight is 392 g/mol. The second kappa shape index (κ2) is 20.2. The van der Waals surface area contributed by atoms with Crippen LogP contribution in [0.1, 0.15) is 46.5 Å². The first-order valence-corrected chi connectivity index (χ1v) is 8.10. The summed E-state index contributed by atoms with van der Waals surface area (Å²) in [4.78, 5) is 21.0. The smallest absolute Gasteiger partial charge is 0.282 e. The molecule has 0 rings (SSSR count). The molecule has 0 atom stereocenters. The molecule has 21 heavy (non-hydrogen) atoms. The van der Waals surface area contributed by atoms with Gasteiger partial charge in [-0.15, -0.1) is 5.75 Å². The molecule has 0 saturated carbocycles. The van der Waals surface area contributed by atoms with Crippen molar-refractivity contribution < 1.29 is 42.3 Å². The van der Waals surface area contributed by atoms with Crippen LogP contribution in [0.4, 0.5) is 4.79 Å². The number of thioether (sulfide) groups is 1. The maximum atomic E-state index is 11.1. The summed E-state index contributed by atoms with van der Waals surface area (Å²) in [5.41, 5.74) is 4.72. The van der Waals surface area contributed by atoms with Gasteiger partial charge in [-0.3, -0.25) is 15.8 Å². The van der Waals surface area contributed by atoms with Crippen LogP contribution in [0.5, 0.6) is 0 Å². The molecule has 0 aromatic heterocycles. The molecule has 7 heteroatoms. The Balaban J connectivity index is -0.000000317. The molecule has 4 N–H and O–H groups in total. The van der Waals surface area contributed by atoms with Crippen LogP contribution in [0.15, 0.2) is 0 Å². The number of nitrogens with one attached hydrogen (secondary N) is 2. The Morgan fingerprint density at radius 1 is 1.38 bits per heavy atom. The number of carbonyl (C=O) groups excluding carboxylic acids is 2. The minimum absolute atomic E-state index is 0. The van der Waals surface area contributed by atoms with E-state index in [1.807, 2.05) is 0 Å². The zero-order valence-corrected chi connectivity index (χ0v) is 17.1. The van der Waals surface area contributed by atoms with E-state index in [1.165, 1.54) is 11.8 Å². The van der Waals surface area contributed by atoms with Gasteiger partial charge >= 0.3 is 0 Å². The quantitative estimate of drug-likeness (QED) is 0.417. The zero-order chi connectivity index (χ0) is 15.8. The van der Waals surface area contributed by atoms with Gasteiger partial charge in [0.1, 0.15) is 0 Å². The maximum absolute atomic E-state index is 11.1. The van der Waals surface area contributed by atoms with Crippen molar-refractivity contribution in [3.63, 3.8) is 0 Å². The SMILES string of the molecule is CCCCC(=O)NCCC(C)C.[CH2-]SC[CH-]NC(N)=O.[Y]. The summed E-state index contributed by atoms with van der Waals surface area (Å²) in [7, 11) is 0. The first-order chi connectivity index (χ1) is 9.43. The van der Waals surface area contributed by atoms with Crippen LogP contribution in [-0.4, -0.2) is 24.2 Å². The monoisotopic (exact) mass is 392 g/mol. The molecule has 0 aromatic rings. The Morgan fingerprint density at radius 2 is 2.00 bits per heavy atom. The Labute approximate surface area is 159 Å². The molecule has 0 aliphatic heterocycles. The van der Waals surface area contributed by atoms with Gasteiger partial charge in [0.25, 0.3) is 6.03 Å². The average Bonchev–Trinajstić information content (AvgIpc) is 2.36. The van der Waals surface area contributed by atoms with Gasteiger partial charge in [0, 0.05) is 45.7 Å². The van der Waals surface area contributed by atoms with E-state index in [1.54, 1.807) is 6.54 Å². The van der Waals surface area contributed by atoms with E-state index >= 15 is 0 Å². The van der Waals surface area contributed by atoms with Crippen molar-refractivity contribution in [2.24, 2.45) is 11.7 Å². The molecule has 0 heterocycles. The van der Waals surface area contributed by atoms with Gasteiger partial charge in [-0.05, 0) is 18.8 Å². The van der Waals surface area contributed by atoms with Crippen molar-refractivity contribution in [3.05, 3.63) is 12.8 Å². The van der Waals surface area contributed by atoms with Gasteiger partial charge < -0.3 is 28.1 Å². The standard InChI is InChI=1S/C10H21NO.C4H8N2OS.Y/c1-4-5-6-10(12)11-8-7-9(2)3;1-8-3-2-6-4(5)7;/h9H,4-8H2,1-3H3,(H,11,12);2H,1,3H2,(H3,5,6,7);/q;-2;. The van der Waals surface area contributed by atoms with Gasteiger partial charge in [0.2, 0.25) is 5.91 Å². The van der Waals surface area contributed by atoms with Crippen LogP contribution in [0.2, 0.25) is 0 Å². The molecule has 0 aliphatic carbocycles. The Morgan fingerprint density at radius 3 is 2.43 bits per heavy atom. The van der Waals surface area contributed by atoms with Crippen molar-refractivity contribution in [2.45, 2.75) is 46.5 Å². The van der Waals surface area contributed by atoms with Gasteiger partial charge in [0.15, 0.2) is 0 Å². The number of amides is 3. The number of hydrogen-bond donors (Lipinski definition) is 3. The van der Waals surface area contributed by atoms with Crippen LogP contribution in [0.3, 0.4) is 0 Å². The second-order valence-corrected chi connectivity index (χ2v) is 5.46.